The Balaban J connectivity index is 1.83. The highest BCUT2D eigenvalue weighted by Crippen LogP contribution is 2.35. The minimum Gasteiger partial charge on any atom is -0.396 e. The third-order valence-corrected chi connectivity index (χ3v) is 4.51. The van der Waals surface area contributed by atoms with Gasteiger partial charge in [-0.2, -0.15) is 0 Å². The quantitative estimate of drug-likeness (QED) is 0.837. The van der Waals surface area contributed by atoms with E-state index in [1.54, 1.807) is 12.1 Å². The molecule has 1 aliphatic rings. The summed E-state index contributed by atoms with van der Waals surface area (Å²) < 4.78 is 13.2. The van der Waals surface area contributed by atoms with Crippen LogP contribution in [-0.2, 0) is 6.42 Å². The van der Waals surface area contributed by atoms with Gasteiger partial charge in [0.15, 0.2) is 0 Å². The summed E-state index contributed by atoms with van der Waals surface area (Å²) in [6, 6.07) is 7.09. The van der Waals surface area contributed by atoms with E-state index in [2.05, 4.69) is 12.2 Å². The van der Waals surface area contributed by atoms with E-state index < -0.39 is 0 Å². The molecular formula is C17H26FNO. The van der Waals surface area contributed by atoms with Crippen molar-refractivity contribution in [3.8, 4) is 0 Å². The van der Waals surface area contributed by atoms with Crippen LogP contribution in [-0.4, -0.2) is 24.3 Å². The summed E-state index contributed by atoms with van der Waals surface area (Å²) in [4.78, 5) is 0. The van der Waals surface area contributed by atoms with Gasteiger partial charge in [-0.05, 0) is 43.9 Å². The Kier molecular flexibility index (Phi) is 5.55. The lowest BCUT2D eigenvalue weighted by atomic mass is 9.74. The van der Waals surface area contributed by atoms with Crippen LogP contribution in [0.5, 0.6) is 0 Å². The number of halogens is 1. The van der Waals surface area contributed by atoms with Crippen molar-refractivity contribution >= 4 is 0 Å². The first-order chi connectivity index (χ1) is 9.63. The van der Waals surface area contributed by atoms with Gasteiger partial charge >= 0.3 is 0 Å². The summed E-state index contributed by atoms with van der Waals surface area (Å²) in [7, 11) is 0. The van der Waals surface area contributed by atoms with E-state index >= 15 is 0 Å². The molecular weight excluding hydrogens is 253 g/mol. The maximum atomic E-state index is 13.2. The van der Waals surface area contributed by atoms with Gasteiger partial charge in [-0.1, -0.05) is 31.4 Å². The molecule has 2 N–H and O–H groups in total. The van der Waals surface area contributed by atoms with Crippen molar-refractivity contribution in [3.05, 3.63) is 35.6 Å². The predicted molar refractivity (Wildman–Crippen MR) is 80.2 cm³/mol. The maximum absolute atomic E-state index is 13.2. The summed E-state index contributed by atoms with van der Waals surface area (Å²) in [5, 5.41) is 13.2. The second-order valence-electron chi connectivity index (χ2n) is 6.33. The normalized spacial score (nSPS) is 19.8. The van der Waals surface area contributed by atoms with Crippen molar-refractivity contribution in [3.63, 3.8) is 0 Å². The van der Waals surface area contributed by atoms with Crippen LogP contribution >= 0.6 is 0 Å². The van der Waals surface area contributed by atoms with E-state index in [1.165, 1.54) is 25.3 Å². The van der Waals surface area contributed by atoms with Crippen molar-refractivity contribution in [1.29, 1.82) is 0 Å². The van der Waals surface area contributed by atoms with E-state index in [9.17, 15) is 9.50 Å². The monoisotopic (exact) mass is 279 g/mol. The van der Waals surface area contributed by atoms with Crippen LogP contribution in [0.3, 0.4) is 0 Å². The SMILES string of the molecule is CC(Cc1cccc(F)c1)NCC1(CO)CCCCC1. The van der Waals surface area contributed by atoms with Crippen molar-refractivity contribution in [2.45, 2.75) is 51.5 Å². The molecule has 0 heterocycles. The molecule has 1 aromatic rings. The third kappa shape index (κ3) is 4.29. The zero-order valence-corrected chi connectivity index (χ0v) is 12.4. The van der Waals surface area contributed by atoms with Crippen molar-refractivity contribution in [1.82, 2.24) is 5.32 Å². The smallest absolute Gasteiger partial charge is 0.123 e. The van der Waals surface area contributed by atoms with Crippen molar-refractivity contribution in [2.24, 2.45) is 5.41 Å². The first-order valence-electron chi connectivity index (χ1n) is 7.72. The van der Waals surface area contributed by atoms with Crippen LogP contribution in [0.2, 0.25) is 0 Å². The number of rotatable bonds is 6. The van der Waals surface area contributed by atoms with Crippen LogP contribution in [0.15, 0.2) is 24.3 Å². The lowest BCUT2D eigenvalue weighted by Crippen LogP contribution is -2.42. The first-order valence-corrected chi connectivity index (χ1v) is 7.72. The van der Waals surface area contributed by atoms with Gasteiger partial charge in [-0.3, -0.25) is 0 Å². The van der Waals surface area contributed by atoms with E-state index in [1.807, 2.05) is 6.07 Å². The van der Waals surface area contributed by atoms with Gasteiger partial charge < -0.3 is 10.4 Å². The Bertz CT molecular complexity index is 415. The largest absolute Gasteiger partial charge is 0.396 e. The Morgan fingerprint density at radius 1 is 1.30 bits per heavy atom. The molecule has 1 aromatic carbocycles. The maximum Gasteiger partial charge on any atom is 0.123 e. The molecule has 0 aromatic heterocycles. The summed E-state index contributed by atoms with van der Waals surface area (Å²) in [5.74, 6) is -0.172. The molecule has 1 saturated carbocycles. The summed E-state index contributed by atoms with van der Waals surface area (Å²) >= 11 is 0. The van der Waals surface area contributed by atoms with E-state index in [-0.39, 0.29) is 17.8 Å². The molecule has 0 amide bonds. The molecule has 1 atom stereocenters. The van der Waals surface area contributed by atoms with E-state index in [0.717, 1.165) is 31.4 Å². The molecule has 1 aliphatic carbocycles. The fraction of sp³-hybridized carbons (Fsp3) is 0.647. The molecule has 3 heteroatoms. The average Bonchev–Trinajstić information content (AvgIpc) is 2.46. The molecule has 0 aliphatic heterocycles. The second-order valence-corrected chi connectivity index (χ2v) is 6.33. The summed E-state index contributed by atoms with van der Waals surface area (Å²) in [6.45, 7) is 3.26. The topological polar surface area (TPSA) is 32.3 Å². The summed E-state index contributed by atoms with van der Waals surface area (Å²) in [6.07, 6.45) is 6.78. The number of aliphatic hydroxyl groups is 1. The van der Waals surface area contributed by atoms with Crippen molar-refractivity contribution in [2.75, 3.05) is 13.2 Å². The van der Waals surface area contributed by atoms with Crippen LogP contribution in [0, 0.1) is 11.2 Å². The average molecular weight is 279 g/mol. The minimum atomic E-state index is -0.172. The van der Waals surface area contributed by atoms with Gasteiger partial charge in [-0.25, -0.2) is 4.39 Å². The molecule has 0 saturated heterocycles. The Labute approximate surface area is 121 Å². The second kappa shape index (κ2) is 7.19. The van der Waals surface area contributed by atoms with Gasteiger partial charge in [-0.15, -0.1) is 0 Å². The van der Waals surface area contributed by atoms with Gasteiger partial charge in [0.2, 0.25) is 0 Å². The van der Waals surface area contributed by atoms with E-state index in [0.29, 0.717) is 6.04 Å². The fourth-order valence-corrected chi connectivity index (χ4v) is 3.17. The van der Waals surface area contributed by atoms with Gasteiger partial charge in [0.05, 0.1) is 0 Å². The molecule has 112 valence electrons. The highest BCUT2D eigenvalue weighted by Gasteiger charge is 2.31. The number of nitrogens with one attached hydrogen (secondary N) is 1. The molecule has 2 nitrogen and oxygen atoms in total. The van der Waals surface area contributed by atoms with Crippen LogP contribution in [0.25, 0.3) is 0 Å². The highest BCUT2D eigenvalue weighted by atomic mass is 19.1. The van der Waals surface area contributed by atoms with E-state index in [4.69, 9.17) is 0 Å². The number of hydrogen-bond donors (Lipinski definition) is 2. The molecule has 0 radical (unpaired) electrons. The Morgan fingerprint density at radius 2 is 2.05 bits per heavy atom. The standard InChI is InChI=1S/C17H26FNO/c1-14(10-15-6-5-7-16(18)11-15)19-12-17(13-20)8-3-2-4-9-17/h5-7,11,14,19-20H,2-4,8-10,12-13H2,1H3. The predicted octanol–water partition coefficient (Wildman–Crippen LogP) is 3.29. The zero-order valence-electron chi connectivity index (χ0n) is 12.4. The highest BCUT2D eigenvalue weighted by molar-refractivity contribution is 5.17. The van der Waals surface area contributed by atoms with Gasteiger partial charge in [0.25, 0.3) is 0 Å². The number of aliphatic hydroxyl groups excluding tert-OH is 1. The lowest BCUT2D eigenvalue weighted by Gasteiger charge is -2.36. The van der Waals surface area contributed by atoms with Gasteiger partial charge in [0, 0.05) is 24.6 Å². The zero-order chi connectivity index (χ0) is 14.4. The fourth-order valence-electron chi connectivity index (χ4n) is 3.17. The Morgan fingerprint density at radius 3 is 2.70 bits per heavy atom. The van der Waals surface area contributed by atoms with Crippen LogP contribution in [0.4, 0.5) is 4.39 Å². The first kappa shape index (κ1) is 15.5. The molecule has 1 fully saturated rings. The number of hydrogen-bond acceptors (Lipinski definition) is 2. The summed E-state index contributed by atoms with van der Waals surface area (Å²) in [5.41, 5.74) is 1.08. The van der Waals surface area contributed by atoms with Crippen molar-refractivity contribution < 1.29 is 9.50 Å². The molecule has 1 unspecified atom stereocenters. The van der Waals surface area contributed by atoms with Crippen LogP contribution < -0.4 is 5.32 Å². The molecule has 0 bridgehead atoms. The molecule has 2 rings (SSSR count). The lowest BCUT2D eigenvalue weighted by molar-refractivity contribution is 0.0789. The third-order valence-electron chi connectivity index (χ3n) is 4.51. The number of benzene rings is 1. The molecule has 20 heavy (non-hydrogen) atoms. The minimum absolute atomic E-state index is 0.0639. The van der Waals surface area contributed by atoms with Gasteiger partial charge in [0.1, 0.15) is 5.82 Å². The molecule has 0 spiro atoms. The van der Waals surface area contributed by atoms with Crippen LogP contribution in [0.1, 0.15) is 44.6 Å². The Hall–Kier alpha value is -0.930.